The zero-order chi connectivity index (χ0) is 13.4. The molecule has 0 radical (unpaired) electrons. The number of benzene rings is 1. The summed E-state index contributed by atoms with van der Waals surface area (Å²) in [6.45, 7) is 5.20. The minimum absolute atomic E-state index is 0.282. The first-order chi connectivity index (χ1) is 8.63. The fourth-order valence-corrected chi connectivity index (χ4v) is 1.54. The summed E-state index contributed by atoms with van der Waals surface area (Å²) in [6, 6.07) is 4.37. The lowest BCUT2D eigenvalue weighted by Crippen LogP contribution is -2.01. The lowest BCUT2D eigenvalue weighted by atomic mass is 10.1. The maximum absolute atomic E-state index is 13.2. The van der Waals surface area contributed by atoms with E-state index in [1.165, 1.54) is 12.1 Å². The topological polar surface area (TPSA) is 35.2 Å². The second-order valence-corrected chi connectivity index (χ2v) is 4.53. The first-order valence-corrected chi connectivity index (χ1v) is 6.24. The van der Waals surface area contributed by atoms with Crippen molar-refractivity contribution in [1.29, 1.82) is 0 Å². The molecule has 0 aliphatic heterocycles. The van der Waals surface area contributed by atoms with Crippen LogP contribution in [0.5, 0.6) is 5.75 Å². The summed E-state index contributed by atoms with van der Waals surface area (Å²) >= 11 is 0. The zero-order valence-electron chi connectivity index (χ0n) is 11.0. The first kappa shape index (κ1) is 14.5. The van der Waals surface area contributed by atoms with Gasteiger partial charge in [0, 0.05) is 6.07 Å². The van der Waals surface area contributed by atoms with E-state index >= 15 is 0 Å². The van der Waals surface area contributed by atoms with E-state index in [9.17, 15) is 4.39 Å². The summed E-state index contributed by atoms with van der Waals surface area (Å²) in [4.78, 5) is 0. The zero-order valence-corrected chi connectivity index (χ0v) is 11.0. The normalized spacial score (nSPS) is 10.1. The Labute approximate surface area is 108 Å². The molecule has 1 aromatic carbocycles. The average molecular weight is 249 g/mol. The fraction of sp³-hybridized carbons (Fsp3) is 0.467. The van der Waals surface area contributed by atoms with Crippen molar-refractivity contribution in [1.82, 2.24) is 0 Å². The third-order valence-electron chi connectivity index (χ3n) is 2.45. The van der Waals surface area contributed by atoms with Gasteiger partial charge >= 0.3 is 0 Å². The minimum atomic E-state index is -0.313. The van der Waals surface area contributed by atoms with Gasteiger partial charge in [0.2, 0.25) is 0 Å². The Morgan fingerprint density at radius 2 is 2.17 bits per heavy atom. The van der Waals surface area contributed by atoms with Crippen LogP contribution in [0.2, 0.25) is 0 Å². The third kappa shape index (κ3) is 5.20. The van der Waals surface area contributed by atoms with Crippen LogP contribution in [0.4, 0.5) is 4.39 Å². The average Bonchev–Trinajstić information content (AvgIpc) is 2.33. The SMILES string of the molecule is CC(C)CCCOc1cc(F)ccc1C#CCN. The van der Waals surface area contributed by atoms with Gasteiger partial charge in [-0.3, -0.25) is 0 Å². The highest BCUT2D eigenvalue weighted by Gasteiger charge is 2.04. The van der Waals surface area contributed by atoms with Crippen LogP contribution in [-0.2, 0) is 0 Å². The molecule has 3 heteroatoms. The highest BCUT2D eigenvalue weighted by molar-refractivity contribution is 5.46. The third-order valence-corrected chi connectivity index (χ3v) is 2.45. The molecular weight excluding hydrogens is 229 g/mol. The maximum atomic E-state index is 13.2. The predicted molar refractivity (Wildman–Crippen MR) is 71.9 cm³/mol. The summed E-state index contributed by atoms with van der Waals surface area (Å²) < 4.78 is 18.7. The van der Waals surface area contributed by atoms with Gasteiger partial charge in [0.1, 0.15) is 11.6 Å². The van der Waals surface area contributed by atoms with Gasteiger partial charge in [-0.05, 0) is 30.9 Å². The Bertz CT molecular complexity index is 432. The number of rotatable bonds is 5. The molecular formula is C15H20FNO. The molecule has 18 heavy (non-hydrogen) atoms. The summed E-state index contributed by atoms with van der Waals surface area (Å²) in [5, 5.41) is 0. The van der Waals surface area contributed by atoms with Crippen molar-refractivity contribution in [3.8, 4) is 17.6 Å². The van der Waals surface area contributed by atoms with Gasteiger partial charge in [-0.1, -0.05) is 25.7 Å². The molecule has 0 saturated heterocycles. The molecule has 0 atom stereocenters. The highest BCUT2D eigenvalue weighted by atomic mass is 19.1. The van der Waals surface area contributed by atoms with Gasteiger partial charge in [-0.15, -0.1) is 0 Å². The van der Waals surface area contributed by atoms with E-state index in [1.54, 1.807) is 6.07 Å². The summed E-state index contributed by atoms with van der Waals surface area (Å²) in [6.07, 6.45) is 2.05. The van der Waals surface area contributed by atoms with Gasteiger partial charge in [-0.25, -0.2) is 4.39 Å². The van der Waals surface area contributed by atoms with E-state index in [2.05, 4.69) is 25.7 Å². The first-order valence-electron chi connectivity index (χ1n) is 6.24. The molecule has 0 heterocycles. The molecule has 0 fully saturated rings. The van der Waals surface area contributed by atoms with Gasteiger partial charge in [-0.2, -0.15) is 0 Å². The molecule has 0 aliphatic carbocycles. The second kappa shape index (κ2) is 7.73. The van der Waals surface area contributed by atoms with Gasteiger partial charge in [0.25, 0.3) is 0 Å². The molecule has 0 aromatic heterocycles. The molecule has 0 spiro atoms. The van der Waals surface area contributed by atoms with Crippen LogP contribution in [0.25, 0.3) is 0 Å². The number of nitrogens with two attached hydrogens (primary N) is 1. The van der Waals surface area contributed by atoms with Crippen LogP contribution in [0.15, 0.2) is 18.2 Å². The Morgan fingerprint density at radius 1 is 1.39 bits per heavy atom. The van der Waals surface area contributed by atoms with Crippen LogP contribution in [-0.4, -0.2) is 13.2 Å². The Balaban J connectivity index is 2.64. The van der Waals surface area contributed by atoms with Gasteiger partial charge in [0.05, 0.1) is 18.7 Å². The number of ether oxygens (including phenoxy) is 1. The van der Waals surface area contributed by atoms with Crippen molar-refractivity contribution in [3.05, 3.63) is 29.6 Å². The van der Waals surface area contributed by atoms with Gasteiger partial charge < -0.3 is 10.5 Å². The molecule has 2 nitrogen and oxygen atoms in total. The Hall–Kier alpha value is -1.53. The number of hydrogen-bond acceptors (Lipinski definition) is 2. The minimum Gasteiger partial charge on any atom is -0.492 e. The van der Waals surface area contributed by atoms with Crippen LogP contribution in [0.1, 0.15) is 32.3 Å². The van der Waals surface area contributed by atoms with E-state index in [0.717, 1.165) is 12.8 Å². The van der Waals surface area contributed by atoms with Crippen molar-refractivity contribution in [3.63, 3.8) is 0 Å². The maximum Gasteiger partial charge on any atom is 0.137 e. The van der Waals surface area contributed by atoms with Crippen LogP contribution in [0.3, 0.4) is 0 Å². The van der Waals surface area contributed by atoms with E-state index in [1.807, 2.05) is 0 Å². The summed E-state index contributed by atoms with van der Waals surface area (Å²) in [5.41, 5.74) is 6.01. The monoisotopic (exact) mass is 249 g/mol. The smallest absolute Gasteiger partial charge is 0.137 e. The highest BCUT2D eigenvalue weighted by Crippen LogP contribution is 2.19. The largest absolute Gasteiger partial charge is 0.492 e. The standard InChI is InChI=1S/C15H20FNO/c1-12(2)5-4-10-18-15-11-14(16)8-7-13(15)6-3-9-17/h7-8,11-12H,4-5,9-10,17H2,1-2H3. The lowest BCUT2D eigenvalue weighted by Gasteiger charge is -2.09. The molecule has 2 N–H and O–H groups in total. The fourth-order valence-electron chi connectivity index (χ4n) is 1.54. The van der Waals surface area contributed by atoms with Gasteiger partial charge in [0.15, 0.2) is 0 Å². The van der Waals surface area contributed by atoms with E-state index < -0.39 is 0 Å². The summed E-state index contributed by atoms with van der Waals surface area (Å²) in [5.74, 6) is 6.47. The molecule has 0 aliphatic rings. The predicted octanol–water partition coefficient (Wildman–Crippen LogP) is 2.95. The molecule has 0 bridgehead atoms. The quantitative estimate of drug-likeness (QED) is 0.643. The van der Waals surface area contributed by atoms with E-state index in [4.69, 9.17) is 10.5 Å². The molecule has 1 aromatic rings. The molecule has 98 valence electrons. The second-order valence-electron chi connectivity index (χ2n) is 4.53. The van der Waals surface area contributed by atoms with Crippen LogP contribution < -0.4 is 10.5 Å². The van der Waals surface area contributed by atoms with Crippen molar-refractivity contribution >= 4 is 0 Å². The van der Waals surface area contributed by atoms with Crippen LogP contribution in [0, 0.1) is 23.6 Å². The van der Waals surface area contributed by atoms with E-state index in [-0.39, 0.29) is 12.4 Å². The molecule has 0 amide bonds. The molecule has 0 saturated carbocycles. The molecule has 1 rings (SSSR count). The Morgan fingerprint density at radius 3 is 2.83 bits per heavy atom. The van der Waals surface area contributed by atoms with Crippen molar-refractivity contribution in [2.75, 3.05) is 13.2 Å². The van der Waals surface area contributed by atoms with E-state index in [0.29, 0.717) is 23.8 Å². The summed E-state index contributed by atoms with van der Waals surface area (Å²) in [7, 11) is 0. The molecule has 0 unspecified atom stereocenters. The van der Waals surface area contributed by atoms with Crippen LogP contribution >= 0.6 is 0 Å². The van der Waals surface area contributed by atoms with Crippen molar-refractivity contribution in [2.24, 2.45) is 11.7 Å². The Kier molecular flexibility index (Phi) is 6.24. The number of hydrogen-bond donors (Lipinski definition) is 1. The number of halogens is 1. The van der Waals surface area contributed by atoms with Crippen molar-refractivity contribution < 1.29 is 9.13 Å². The van der Waals surface area contributed by atoms with Crippen molar-refractivity contribution in [2.45, 2.75) is 26.7 Å². The lowest BCUT2D eigenvalue weighted by molar-refractivity contribution is 0.295.